The second-order valence-corrected chi connectivity index (χ2v) is 2.37. The van der Waals surface area contributed by atoms with Gasteiger partial charge in [0.1, 0.15) is 0 Å². The second kappa shape index (κ2) is 3.08. The molecule has 0 unspecified atom stereocenters. The van der Waals surface area contributed by atoms with Crippen LogP contribution in [0.4, 0.5) is 0 Å². The molecule has 1 heterocycles. The number of aryl methyl sites for hydroxylation is 1. The number of nitrogens with one attached hydrogen (secondary N) is 1. The molecular formula is C4H7BN2O3S. The molecule has 5 nitrogen and oxygen atoms in total. The molecule has 0 aliphatic rings. The quantitative estimate of drug-likeness (QED) is 0.414. The van der Waals surface area contributed by atoms with Crippen LogP contribution in [0, 0.1) is 4.77 Å². The molecular weight excluding hydrogens is 167 g/mol. The molecule has 0 saturated carbocycles. The average Bonchev–Trinajstić information content (AvgIpc) is 2.10. The topological polar surface area (TPSA) is 70.4 Å². The zero-order valence-corrected chi connectivity index (χ0v) is 6.63. The van der Waals surface area contributed by atoms with Crippen molar-refractivity contribution < 1.29 is 14.7 Å². The predicted molar refractivity (Wildman–Crippen MR) is 41.4 cm³/mol. The van der Waals surface area contributed by atoms with Crippen LogP contribution < -0.4 is 4.65 Å². The highest BCUT2D eigenvalue weighted by Gasteiger charge is 2.11. The van der Waals surface area contributed by atoms with Crippen LogP contribution in [-0.4, -0.2) is 26.9 Å². The SMILES string of the molecule is Cn1cc(OB(O)O)[nH]c1=S. The van der Waals surface area contributed by atoms with Gasteiger partial charge in [-0.3, -0.25) is 0 Å². The summed E-state index contributed by atoms with van der Waals surface area (Å²) in [5.41, 5.74) is 0. The summed E-state index contributed by atoms with van der Waals surface area (Å²) in [7, 11) is -0.0989. The normalized spacial score (nSPS) is 9.73. The Kier molecular flexibility index (Phi) is 2.33. The zero-order valence-electron chi connectivity index (χ0n) is 5.81. The van der Waals surface area contributed by atoms with Crippen molar-refractivity contribution in [3.8, 4) is 5.88 Å². The van der Waals surface area contributed by atoms with Crippen LogP contribution in [0.1, 0.15) is 0 Å². The molecule has 60 valence electrons. The molecule has 0 saturated heterocycles. The monoisotopic (exact) mass is 174 g/mol. The lowest BCUT2D eigenvalue weighted by Gasteiger charge is -1.97. The molecule has 0 aromatic carbocycles. The number of hydrogen-bond donors (Lipinski definition) is 3. The van der Waals surface area contributed by atoms with Gasteiger partial charge in [0.15, 0.2) is 10.7 Å². The van der Waals surface area contributed by atoms with Gasteiger partial charge < -0.3 is 24.3 Å². The van der Waals surface area contributed by atoms with Crippen LogP contribution in [0.25, 0.3) is 0 Å². The molecule has 0 bridgehead atoms. The Bertz CT molecular complexity index is 294. The van der Waals surface area contributed by atoms with Crippen molar-refractivity contribution in [1.82, 2.24) is 9.55 Å². The maximum Gasteiger partial charge on any atom is 0.708 e. The minimum absolute atomic E-state index is 0.229. The summed E-state index contributed by atoms with van der Waals surface area (Å²) in [5, 5.41) is 16.8. The van der Waals surface area contributed by atoms with Crippen molar-refractivity contribution in [2.75, 3.05) is 0 Å². The van der Waals surface area contributed by atoms with Gasteiger partial charge in [0.25, 0.3) is 0 Å². The van der Waals surface area contributed by atoms with Crippen LogP contribution >= 0.6 is 12.2 Å². The third kappa shape index (κ3) is 2.07. The molecule has 3 N–H and O–H groups in total. The number of nitrogens with zero attached hydrogens (tertiary/aromatic N) is 1. The van der Waals surface area contributed by atoms with Crippen molar-refractivity contribution in [2.24, 2.45) is 7.05 Å². The lowest BCUT2D eigenvalue weighted by atomic mass is 10.3. The van der Waals surface area contributed by atoms with Crippen LogP contribution in [0.3, 0.4) is 0 Å². The zero-order chi connectivity index (χ0) is 8.43. The van der Waals surface area contributed by atoms with Crippen LogP contribution in [0.5, 0.6) is 5.88 Å². The van der Waals surface area contributed by atoms with Crippen molar-refractivity contribution in [1.29, 1.82) is 0 Å². The Labute approximate surface area is 68.4 Å². The first-order valence-electron chi connectivity index (χ1n) is 2.88. The Morgan fingerprint density at radius 2 is 2.36 bits per heavy atom. The van der Waals surface area contributed by atoms with Gasteiger partial charge in [-0.05, 0) is 12.2 Å². The van der Waals surface area contributed by atoms with Crippen molar-refractivity contribution in [3.63, 3.8) is 0 Å². The van der Waals surface area contributed by atoms with Crippen LogP contribution in [0.15, 0.2) is 6.20 Å². The van der Waals surface area contributed by atoms with Crippen LogP contribution in [0.2, 0.25) is 0 Å². The van der Waals surface area contributed by atoms with Crippen LogP contribution in [-0.2, 0) is 7.05 Å². The van der Waals surface area contributed by atoms with E-state index in [1.54, 1.807) is 11.6 Å². The average molecular weight is 174 g/mol. The van der Waals surface area contributed by atoms with Crippen molar-refractivity contribution in [2.45, 2.75) is 0 Å². The van der Waals surface area contributed by atoms with E-state index in [-0.39, 0.29) is 5.88 Å². The summed E-state index contributed by atoms with van der Waals surface area (Å²) in [4.78, 5) is 2.61. The van der Waals surface area contributed by atoms with Gasteiger partial charge >= 0.3 is 7.32 Å². The molecule has 0 fully saturated rings. The van der Waals surface area contributed by atoms with E-state index < -0.39 is 7.32 Å². The molecule has 0 atom stereocenters. The molecule has 0 spiro atoms. The number of hydrogen-bond acceptors (Lipinski definition) is 4. The smallest absolute Gasteiger partial charge is 0.498 e. The van der Waals surface area contributed by atoms with E-state index in [9.17, 15) is 0 Å². The third-order valence-corrected chi connectivity index (χ3v) is 1.48. The van der Waals surface area contributed by atoms with Gasteiger partial charge in [0.2, 0.25) is 0 Å². The lowest BCUT2D eigenvalue weighted by molar-refractivity contribution is 0.284. The number of H-pyrrole nitrogens is 1. The van der Waals surface area contributed by atoms with Gasteiger partial charge in [-0.25, -0.2) is 0 Å². The van der Waals surface area contributed by atoms with Crippen molar-refractivity contribution in [3.05, 3.63) is 11.0 Å². The fraction of sp³-hybridized carbons (Fsp3) is 0.250. The van der Waals surface area contributed by atoms with E-state index >= 15 is 0 Å². The fourth-order valence-electron chi connectivity index (χ4n) is 0.634. The molecule has 0 aliphatic carbocycles. The maximum absolute atomic E-state index is 8.38. The molecule has 1 aromatic rings. The first-order valence-corrected chi connectivity index (χ1v) is 3.29. The number of rotatable bonds is 2. The predicted octanol–water partition coefficient (Wildman–Crippen LogP) is -0.569. The minimum Gasteiger partial charge on any atom is -0.498 e. The highest BCUT2D eigenvalue weighted by molar-refractivity contribution is 7.71. The summed E-state index contributed by atoms with van der Waals surface area (Å²) < 4.78 is 6.53. The van der Waals surface area contributed by atoms with E-state index in [4.69, 9.17) is 22.3 Å². The molecule has 0 radical (unpaired) electrons. The Hall–Kier alpha value is -0.785. The van der Waals surface area contributed by atoms with Gasteiger partial charge in [-0.15, -0.1) is 0 Å². The number of imidazole rings is 1. The summed E-state index contributed by atoms with van der Waals surface area (Å²) in [6.07, 6.45) is 1.52. The molecule has 1 rings (SSSR count). The molecule has 7 heteroatoms. The van der Waals surface area contributed by atoms with E-state index in [0.29, 0.717) is 4.77 Å². The standard InChI is InChI=1S/C4H7BN2O3S/c1-7-2-3(6-4(7)11)10-5(8)9/h2,8-9H,1H3,(H,6,11). The Morgan fingerprint density at radius 3 is 2.73 bits per heavy atom. The van der Waals surface area contributed by atoms with Gasteiger partial charge in [-0.1, -0.05) is 0 Å². The molecule has 0 aliphatic heterocycles. The highest BCUT2D eigenvalue weighted by Crippen LogP contribution is 2.05. The molecule has 11 heavy (non-hydrogen) atoms. The number of aromatic nitrogens is 2. The first-order chi connectivity index (χ1) is 5.09. The van der Waals surface area contributed by atoms with E-state index in [1.165, 1.54) is 6.20 Å². The molecule has 1 aromatic heterocycles. The number of aromatic amines is 1. The van der Waals surface area contributed by atoms with E-state index in [2.05, 4.69) is 9.64 Å². The fourth-order valence-corrected chi connectivity index (χ4v) is 0.787. The summed E-state index contributed by atoms with van der Waals surface area (Å²) in [6.45, 7) is 0. The second-order valence-electron chi connectivity index (χ2n) is 1.98. The van der Waals surface area contributed by atoms with Gasteiger partial charge in [0, 0.05) is 7.05 Å². The summed E-state index contributed by atoms with van der Waals surface area (Å²) >= 11 is 4.79. The first kappa shape index (κ1) is 8.31. The maximum atomic E-state index is 8.38. The highest BCUT2D eigenvalue weighted by atomic mass is 32.1. The Morgan fingerprint density at radius 1 is 1.73 bits per heavy atom. The lowest BCUT2D eigenvalue weighted by Crippen LogP contribution is -2.20. The van der Waals surface area contributed by atoms with Gasteiger partial charge in [0.05, 0.1) is 6.20 Å². The van der Waals surface area contributed by atoms with E-state index in [0.717, 1.165) is 0 Å². The largest absolute Gasteiger partial charge is 0.708 e. The third-order valence-electron chi connectivity index (χ3n) is 1.09. The minimum atomic E-state index is -1.82. The Balaban J connectivity index is 2.81. The molecule has 0 amide bonds. The van der Waals surface area contributed by atoms with E-state index in [1.807, 2.05) is 0 Å². The summed E-state index contributed by atoms with van der Waals surface area (Å²) in [5.74, 6) is 0.229. The van der Waals surface area contributed by atoms with Crippen molar-refractivity contribution >= 4 is 19.5 Å². The summed E-state index contributed by atoms with van der Waals surface area (Å²) in [6, 6.07) is 0. The van der Waals surface area contributed by atoms with Gasteiger partial charge in [-0.2, -0.15) is 0 Å².